The molecule has 8 heteroatoms. The molecule has 118 valence electrons. The van der Waals surface area contributed by atoms with Crippen molar-refractivity contribution in [3.05, 3.63) is 18.5 Å². The van der Waals surface area contributed by atoms with Gasteiger partial charge in [-0.1, -0.05) is 0 Å². The Hall–Kier alpha value is -1.22. The number of aliphatic hydroxyl groups is 1. The standard InChI is InChI=1S/C13H22N4O3S/c1-14-12-3-4-15-11-13(12)21(19,20)17-6-2-5-16(7-8-17)9-10-18/h3-4,11,18H,2,5-10H2,1H3,(H,14,15). The lowest BCUT2D eigenvalue weighted by Gasteiger charge is -2.22. The third-order valence-corrected chi connectivity index (χ3v) is 5.56. The Morgan fingerprint density at radius 1 is 1.33 bits per heavy atom. The van der Waals surface area contributed by atoms with E-state index in [0.717, 1.165) is 13.0 Å². The molecule has 0 saturated carbocycles. The second-order valence-corrected chi connectivity index (χ2v) is 6.85. The van der Waals surface area contributed by atoms with Gasteiger partial charge in [0.05, 0.1) is 12.3 Å². The van der Waals surface area contributed by atoms with Gasteiger partial charge in [-0.15, -0.1) is 0 Å². The lowest BCUT2D eigenvalue weighted by molar-refractivity contribution is 0.202. The monoisotopic (exact) mass is 314 g/mol. The Morgan fingerprint density at radius 3 is 2.86 bits per heavy atom. The number of aromatic nitrogens is 1. The molecule has 1 aromatic heterocycles. The van der Waals surface area contributed by atoms with Crippen molar-refractivity contribution >= 4 is 15.7 Å². The number of nitrogens with zero attached hydrogens (tertiary/aromatic N) is 3. The first kappa shape index (κ1) is 16.2. The van der Waals surface area contributed by atoms with Crippen molar-refractivity contribution in [3.8, 4) is 0 Å². The number of hydrogen-bond donors (Lipinski definition) is 2. The summed E-state index contributed by atoms with van der Waals surface area (Å²) in [7, 11) is -1.85. The molecule has 7 nitrogen and oxygen atoms in total. The van der Waals surface area contributed by atoms with Crippen LogP contribution in [-0.2, 0) is 10.0 Å². The maximum atomic E-state index is 12.8. The Kier molecular flexibility index (Phi) is 5.51. The smallest absolute Gasteiger partial charge is 0.246 e. The lowest BCUT2D eigenvalue weighted by atomic mass is 10.4. The van der Waals surface area contributed by atoms with Crippen molar-refractivity contribution < 1.29 is 13.5 Å². The van der Waals surface area contributed by atoms with E-state index in [4.69, 9.17) is 5.11 Å². The highest BCUT2D eigenvalue weighted by molar-refractivity contribution is 7.89. The molecule has 2 rings (SSSR count). The quantitative estimate of drug-likeness (QED) is 0.784. The first-order chi connectivity index (χ1) is 10.1. The molecule has 1 saturated heterocycles. The third-order valence-electron chi connectivity index (χ3n) is 3.64. The SMILES string of the molecule is CNc1ccncc1S(=O)(=O)N1CCCN(CCO)CC1. The minimum Gasteiger partial charge on any atom is -0.395 e. The van der Waals surface area contributed by atoms with E-state index < -0.39 is 10.0 Å². The van der Waals surface area contributed by atoms with Gasteiger partial charge < -0.3 is 10.4 Å². The molecule has 2 heterocycles. The van der Waals surface area contributed by atoms with Gasteiger partial charge in [-0.05, 0) is 19.0 Å². The molecule has 0 amide bonds. The number of aliphatic hydroxyl groups excluding tert-OH is 1. The van der Waals surface area contributed by atoms with Gasteiger partial charge in [0.25, 0.3) is 0 Å². The molecule has 0 atom stereocenters. The summed E-state index contributed by atoms with van der Waals surface area (Å²) in [6, 6.07) is 1.66. The van der Waals surface area contributed by atoms with Gasteiger partial charge in [-0.2, -0.15) is 4.31 Å². The van der Waals surface area contributed by atoms with Crippen molar-refractivity contribution in [2.75, 3.05) is 51.7 Å². The van der Waals surface area contributed by atoms with Gasteiger partial charge in [0, 0.05) is 45.6 Å². The Bertz CT molecular complexity index is 564. The van der Waals surface area contributed by atoms with Gasteiger partial charge in [0.1, 0.15) is 4.90 Å². The van der Waals surface area contributed by atoms with Crippen LogP contribution in [0.15, 0.2) is 23.4 Å². The first-order valence-corrected chi connectivity index (χ1v) is 8.48. The average Bonchev–Trinajstić information content (AvgIpc) is 2.74. The zero-order valence-electron chi connectivity index (χ0n) is 12.2. The highest BCUT2D eigenvalue weighted by atomic mass is 32.2. The van der Waals surface area contributed by atoms with E-state index in [1.165, 1.54) is 10.5 Å². The number of rotatable bonds is 5. The average molecular weight is 314 g/mol. The normalized spacial score (nSPS) is 18.4. The number of nitrogens with one attached hydrogen (secondary N) is 1. The molecule has 1 aliphatic heterocycles. The van der Waals surface area contributed by atoms with Crippen LogP contribution < -0.4 is 5.32 Å². The van der Waals surface area contributed by atoms with Crippen LogP contribution in [0.25, 0.3) is 0 Å². The highest BCUT2D eigenvalue weighted by Gasteiger charge is 2.28. The van der Waals surface area contributed by atoms with Crippen LogP contribution in [-0.4, -0.2) is 74.1 Å². The number of β-amino-alcohol motifs (C(OH)–C–C–N with tert-alkyl or cyclic N) is 1. The van der Waals surface area contributed by atoms with Crippen LogP contribution in [0.2, 0.25) is 0 Å². The molecule has 1 aromatic rings. The second-order valence-electron chi connectivity index (χ2n) is 4.94. The van der Waals surface area contributed by atoms with Crippen molar-refractivity contribution in [1.82, 2.24) is 14.2 Å². The minimum absolute atomic E-state index is 0.0965. The van der Waals surface area contributed by atoms with E-state index in [0.29, 0.717) is 31.9 Å². The van der Waals surface area contributed by atoms with Gasteiger partial charge in [0.15, 0.2) is 0 Å². The van der Waals surface area contributed by atoms with Crippen LogP contribution >= 0.6 is 0 Å². The number of hydrogen-bond acceptors (Lipinski definition) is 6. The molecule has 0 aromatic carbocycles. The van der Waals surface area contributed by atoms with E-state index in [1.54, 1.807) is 19.3 Å². The third kappa shape index (κ3) is 3.70. The molecular formula is C13H22N4O3S. The van der Waals surface area contributed by atoms with Crippen LogP contribution in [0.1, 0.15) is 6.42 Å². The summed E-state index contributed by atoms with van der Waals surface area (Å²) >= 11 is 0. The van der Waals surface area contributed by atoms with Gasteiger partial charge >= 0.3 is 0 Å². The summed E-state index contributed by atoms with van der Waals surface area (Å²) in [6.45, 7) is 3.04. The highest BCUT2D eigenvalue weighted by Crippen LogP contribution is 2.23. The second kappa shape index (κ2) is 7.17. The predicted molar refractivity (Wildman–Crippen MR) is 80.7 cm³/mol. The van der Waals surface area contributed by atoms with E-state index >= 15 is 0 Å². The van der Waals surface area contributed by atoms with Crippen LogP contribution in [0.5, 0.6) is 0 Å². The molecule has 21 heavy (non-hydrogen) atoms. The molecule has 0 spiro atoms. The summed E-state index contributed by atoms with van der Waals surface area (Å²) in [5.74, 6) is 0. The molecule has 1 fully saturated rings. The largest absolute Gasteiger partial charge is 0.395 e. The maximum absolute atomic E-state index is 12.8. The van der Waals surface area contributed by atoms with Gasteiger partial charge in [-0.25, -0.2) is 8.42 Å². The van der Waals surface area contributed by atoms with E-state index in [-0.39, 0.29) is 11.5 Å². The fourth-order valence-corrected chi connectivity index (χ4v) is 4.10. The summed E-state index contributed by atoms with van der Waals surface area (Å²) in [5, 5.41) is 11.9. The molecule has 1 aliphatic rings. The van der Waals surface area contributed by atoms with Gasteiger partial charge in [-0.3, -0.25) is 9.88 Å². The van der Waals surface area contributed by atoms with Crippen molar-refractivity contribution in [1.29, 1.82) is 0 Å². The molecule has 0 aliphatic carbocycles. The summed E-state index contributed by atoms with van der Waals surface area (Å²) in [4.78, 5) is 6.23. The number of pyridine rings is 1. The van der Waals surface area contributed by atoms with E-state index in [1.807, 2.05) is 0 Å². The molecule has 2 N–H and O–H groups in total. The lowest BCUT2D eigenvalue weighted by Crippen LogP contribution is -2.36. The fraction of sp³-hybridized carbons (Fsp3) is 0.615. The Labute approximate surface area is 125 Å². The Balaban J connectivity index is 2.19. The van der Waals surface area contributed by atoms with Crippen molar-refractivity contribution in [2.45, 2.75) is 11.3 Å². The minimum atomic E-state index is -3.55. The fourth-order valence-electron chi connectivity index (χ4n) is 2.48. The molecule has 0 radical (unpaired) electrons. The van der Waals surface area contributed by atoms with Crippen molar-refractivity contribution in [3.63, 3.8) is 0 Å². The summed E-state index contributed by atoms with van der Waals surface area (Å²) < 4.78 is 27.0. The van der Waals surface area contributed by atoms with Gasteiger partial charge in [0.2, 0.25) is 10.0 Å². The van der Waals surface area contributed by atoms with Crippen LogP contribution in [0.4, 0.5) is 5.69 Å². The molecular weight excluding hydrogens is 292 g/mol. The summed E-state index contributed by atoms with van der Waals surface area (Å²) in [5.41, 5.74) is 0.557. The zero-order chi connectivity index (χ0) is 15.3. The van der Waals surface area contributed by atoms with E-state index in [2.05, 4.69) is 15.2 Å². The topological polar surface area (TPSA) is 85.8 Å². The zero-order valence-corrected chi connectivity index (χ0v) is 13.0. The molecule has 0 bridgehead atoms. The van der Waals surface area contributed by atoms with E-state index in [9.17, 15) is 8.42 Å². The van der Waals surface area contributed by atoms with Crippen molar-refractivity contribution in [2.24, 2.45) is 0 Å². The Morgan fingerprint density at radius 2 is 2.14 bits per heavy atom. The first-order valence-electron chi connectivity index (χ1n) is 7.04. The van der Waals surface area contributed by atoms with Crippen LogP contribution in [0.3, 0.4) is 0 Å². The number of sulfonamides is 1. The summed E-state index contributed by atoms with van der Waals surface area (Å²) in [6.07, 6.45) is 3.71. The number of anilines is 1. The maximum Gasteiger partial charge on any atom is 0.246 e. The predicted octanol–water partition coefficient (Wildman–Crippen LogP) is -0.188. The van der Waals surface area contributed by atoms with Crippen LogP contribution in [0, 0.1) is 0 Å². The molecule has 0 unspecified atom stereocenters.